The number of hydrogen-bond donors (Lipinski definition) is 1. The third-order valence-electron chi connectivity index (χ3n) is 4.25. The molecule has 0 radical (unpaired) electrons. The minimum Gasteiger partial charge on any atom is -0.349 e. The van der Waals surface area contributed by atoms with Gasteiger partial charge in [-0.1, -0.05) is 17.8 Å². The zero-order valence-corrected chi connectivity index (χ0v) is 17.5. The van der Waals surface area contributed by atoms with Gasteiger partial charge < -0.3 is 10.2 Å². The summed E-state index contributed by atoms with van der Waals surface area (Å²) < 4.78 is 1.91. The molecule has 1 amide bonds. The Labute approximate surface area is 163 Å². The molecule has 144 valence electrons. The van der Waals surface area contributed by atoms with Crippen molar-refractivity contribution in [2.45, 2.75) is 31.5 Å². The number of carbonyl (C=O) groups is 1. The van der Waals surface area contributed by atoms with E-state index in [0.717, 1.165) is 28.4 Å². The number of rotatable bonds is 5. The Morgan fingerprint density at radius 2 is 2.04 bits per heavy atom. The molecule has 0 unspecified atom stereocenters. The van der Waals surface area contributed by atoms with Crippen molar-refractivity contribution in [3.63, 3.8) is 0 Å². The molecule has 2 heterocycles. The molecule has 0 aliphatic carbocycles. The van der Waals surface area contributed by atoms with Gasteiger partial charge in [-0.3, -0.25) is 9.48 Å². The SMILES string of the molecule is CSc1ncc2ccc3c(C(=O)NCCN(C)C)nn(C(C)(C)C)c3c2n1. The number of hydrogen-bond acceptors (Lipinski definition) is 6. The largest absolute Gasteiger partial charge is 0.349 e. The zero-order chi connectivity index (χ0) is 19.8. The predicted octanol–water partition coefficient (Wildman–Crippen LogP) is 2.75. The van der Waals surface area contributed by atoms with Gasteiger partial charge in [0.15, 0.2) is 10.9 Å². The van der Waals surface area contributed by atoms with E-state index in [1.165, 1.54) is 11.8 Å². The summed E-state index contributed by atoms with van der Waals surface area (Å²) in [6, 6.07) is 3.89. The number of likely N-dealkylation sites (N-methyl/N-ethyl adjacent to an activating group) is 1. The summed E-state index contributed by atoms with van der Waals surface area (Å²) >= 11 is 1.50. The average molecular weight is 387 g/mol. The zero-order valence-electron chi connectivity index (χ0n) is 16.7. The van der Waals surface area contributed by atoms with E-state index in [-0.39, 0.29) is 11.4 Å². The molecule has 1 aromatic carbocycles. The number of carbonyl (C=O) groups excluding carboxylic acids is 1. The summed E-state index contributed by atoms with van der Waals surface area (Å²) in [5.74, 6) is -0.164. The quantitative estimate of drug-likeness (QED) is 0.537. The van der Waals surface area contributed by atoms with E-state index >= 15 is 0 Å². The molecule has 7 nitrogen and oxygen atoms in total. The molecule has 0 spiro atoms. The minimum atomic E-state index is -0.292. The fourth-order valence-electron chi connectivity index (χ4n) is 2.90. The van der Waals surface area contributed by atoms with Crippen LogP contribution in [0.15, 0.2) is 23.5 Å². The van der Waals surface area contributed by atoms with Gasteiger partial charge in [-0.25, -0.2) is 9.97 Å². The van der Waals surface area contributed by atoms with E-state index < -0.39 is 0 Å². The van der Waals surface area contributed by atoms with Crippen molar-refractivity contribution in [2.24, 2.45) is 0 Å². The van der Waals surface area contributed by atoms with E-state index in [1.807, 2.05) is 48.3 Å². The number of amides is 1. The van der Waals surface area contributed by atoms with E-state index in [9.17, 15) is 4.79 Å². The van der Waals surface area contributed by atoms with Crippen LogP contribution in [0.1, 0.15) is 31.3 Å². The molecule has 1 N–H and O–H groups in total. The second-order valence-corrected chi connectivity index (χ2v) is 8.52. The lowest BCUT2D eigenvalue weighted by atomic mass is 10.1. The predicted molar refractivity (Wildman–Crippen MR) is 110 cm³/mol. The molecule has 0 fully saturated rings. The maximum absolute atomic E-state index is 12.8. The first-order valence-corrected chi connectivity index (χ1v) is 10.1. The lowest BCUT2D eigenvalue weighted by Crippen LogP contribution is -2.32. The van der Waals surface area contributed by atoms with Gasteiger partial charge in [0.1, 0.15) is 5.52 Å². The monoisotopic (exact) mass is 386 g/mol. The lowest BCUT2D eigenvalue weighted by molar-refractivity contribution is 0.0946. The lowest BCUT2D eigenvalue weighted by Gasteiger charge is -2.21. The van der Waals surface area contributed by atoms with Crippen molar-refractivity contribution in [3.05, 3.63) is 24.0 Å². The summed E-state index contributed by atoms with van der Waals surface area (Å²) in [5.41, 5.74) is 1.83. The summed E-state index contributed by atoms with van der Waals surface area (Å²) in [7, 11) is 3.95. The van der Waals surface area contributed by atoms with Crippen LogP contribution >= 0.6 is 11.8 Å². The van der Waals surface area contributed by atoms with Crippen molar-refractivity contribution < 1.29 is 4.79 Å². The number of aromatic nitrogens is 4. The van der Waals surface area contributed by atoms with Gasteiger partial charge in [0.2, 0.25) is 0 Å². The normalized spacial score (nSPS) is 12.3. The van der Waals surface area contributed by atoms with E-state index in [1.54, 1.807) is 0 Å². The van der Waals surface area contributed by atoms with Gasteiger partial charge in [0, 0.05) is 30.1 Å². The number of nitrogens with one attached hydrogen (secondary N) is 1. The van der Waals surface area contributed by atoms with Gasteiger partial charge in [-0.15, -0.1) is 0 Å². The Bertz CT molecular complexity index is 989. The second kappa shape index (κ2) is 7.44. The molecule has 0 saturated heterocycles. The van der Waals surface area contributed by atoms with Crippen LogP contribution < -0.4 is 5.32 Å². The molecule has 0 bridgehead atoms. The van der Waals surface area contributed by atoms with Crippen molar-refractivity contribution in [2.75, 3.05) is 33.4 Å². The third kappa shape index (κ3) is 3.91. The first kappa shape index (κ1) is 19.6. The molecule has 3 rings (SSSR count). The molecule has 27 heavy (non-hydrogen) atoms. The Morgan fingerprint density at radius 3 is 2.67 bits per heavy atom. The topological polar surface area (TPSA) is 75.9 Å². The van der Waals surface area contributed by atoms with E-state index in [4.69, 9.17) is 4.98 Å². The number of nitrogens with zero attached hydrogens (tertiary/aromatic N) is 5. The maximum atomic E-state index is 12.8. The smallest absolute Gasteiger partial charge is 0.272 e. The van der Waals surface area contributed by atoms with Crippen LogP contribution in [0, 0.1) is 0 Å². The van der Waals surface area contributed by atoms with Crippen molar-refractivity contribution in [3.8, 4) is 0 Å². The van der Waals surface area contributed by atoms with Crippen LogP contribution in [0.5, 0.6) is 0 Å². The highest BCUT2D eigenvalue weighted by Crippen LogP contribution is 2.31. The fraction of sp³-hybridized carbons (Fsp3) is 0.474. The van der Waals surface area contributed by atoms with Crippen LogP contribution in [-0.2, 0) is 5.54 Å². The molecule has 8 heteroatoms. The first-order chi connectivity index (χ1) is 12.7. The molecule has 0 aliphatic rings. The Hall–Kier alpha value is -2.19. The highest BCUT2D eigenvalue weighted by Gasteiger charge is 2.25. The van der Waals surface area contributed by atoms with Gasteiger partial charge in [0.25, 0.3) is 5.91 Å². The summed E-state index contributed by atoms with van der Waals surface area (Å²) in [5, 5.41) is 10.1. The van der Waals surface area contributed by atoms with Crippen LogP contribution in [0.4, 0.5) is 0 Å². The standard InChI is InChI=1S/C19H26N6OS/c1-19(2,3)25-16-13(15(23-25)17(26)20-9-10-24(4)5)8-7-12-11-21-18(27-6)22-14(12)16/h7-8,11H,9-10H2,1-6H3,(H,20,26). The summed E-state index contributed by atoms with van der Waals surface area (Å²) in [4.78, 5) is 23.9. The van der Waals surface area contributed by atoms with Gasteiger partial charge in [-0.2, -0.15) is 5.10 Å². The highest BCUT2D eigenvalue weighted by molar-refractivity contribution is 7.98. The van der Waals surface area contributed by atoms with Gasteiger partial charge in [0.05, 0.1) is 11.1 Å². The summed E-state index contributed by atoms with van der Waals surface area (Å²) in [6.45, 7) is 7.56. The molecular formula is C19H26N6OS. The van der Waals surface area contributed by atoms with Crippen molar-refractivity contribution in [1.29, 1.82) is 0 Å². The molecule has 0 aliphatic heterocycles. The second-order valence-electron chi connectivity index (χ2n) is 7.75. The molecular weight excluding hydrogens is 360 g/mol. The highest BCUT2D eigenvalue weighted by atomic mass is 32.2. The van der Waals surface area contributed by atoms with Crippen LogP contribution in [0.2, 0.25) is 0 Å². The van der Waals surface area contributed by atoms with E-state index in [0.29, 0.717) is 17.4 Å². The first-order valence-electron chi connectivity index (χ1n) is 8.88. The summed E-state index contributed by atoms with van der Waals surface area (Å²) in [6.07, 6.45) is 3.77. The van der Waals surface area contributed by atoms with E-state index in [2.05, 4.69) is 36.2 Å². The molecule has 0 atom stereocenters. The number of thioether (sulfide) groups is 1. The minimum absolute atomic E-state index is 0.164. The van der Waals surface area contributed by atoms with Gasteiger partial charge >= 0.3 is 0 Å². The fourth-order valence-corrected chi connectivity index (χ4v) is 3.24. The van der Waals surface area contributed by atoms with Crippen LogP contribution in [0.25, 0.3) is 21.8 Å². The number of fused-ring (bicyclic) bond motifs is 3. The Kier molecular flexibility index (Phi) is 5.39. The van der Waals surface area contributed by atoms with Crippen LogP contribution in [-0.4, -0.2) is 64.0 Å². The number of benzene rings is 1. The maximum Gasteiger partial charge on any atom is 0.272 e. The Morgan fingerprint density at radius 1 is 1.30 bits per heavy atom. The molecule has 2 aromatic heterocycles. The average Bonchev–Trinajstić information content (AvgIpc) is 3.01. The Balaban J connectivity index is 2.19. The van der Waals surface area contributed by atoms with Crippen LogP contribution in [0.3, 0.4) is 0 Å². The third-order valence-corrected chi connectivity index (χ3v) is 4.81. The molecule has 3 aromatic rings. The van der Waals surface area contributed by atoms with Crippen molar-refractivity contribution >= 4 is 39.5 Å². The van der Waals surface area contributed by atoms with Gasteiger partial charge in [-0.05, 0) is 47.2 Å². The molecule has 0 saturated carbocycles. The van der Waals surface area contributed by atoms with Crippen molar-refractivity contribution in [1.82, 2.24) is 30.0 Å².